The highest BCUT2D eigenvalue weighted by Gasteiger charge is 2.64. The molecule has 2 aromatic rings. The van der Waals surface area contributed by atoms with E-state index in [9.17, 15) is 9.59 Å². The molecule has 0 radical (unpaired) electrons. The highest BCUT2D eigenvalue weighted by atomic mass is 32.1. The number of hydrogen-bond acceptors (Lipinski definition) is 5. The number of piperidine rings is 1. The zero-order chi connectivity index (χ0) is 20.9. The van der Waals surface area contributed by atoms with Gasteiger partial charge >= 0.3 is 0 Å². The third-order valence-corrected chi connectivity index (χ3v) is 8.35. The van der Waals surface area contributed by atoms with Crippen molar-refractivity contribution >= 4 is 23.2 Å². The van der Waals surface area contributed by atoms with Crippen molar-refractivity contribution in [3.05, 3.63) is 34.0 Å². The van der Waals surface area contributed by atoms with E-state index in [4.69, 9.17) is 0 Å². The van der Waals surface area contributed by atoms with Crippen LogP contribution in [0.3, 0.4) is 0 Å². The number of carbonyl (C=O) groups is 2. The van der Waals surface area contributed by atoms with Gasteiger partial charge in [-0.1, -0.05) is 12.8 Å². The van der Waals surface area contributed by atoms with E-state index in [1.165, 1.54) is 4.88 Å². The number of rotatable bonds is 4. The molecule has 160 valence electrons. The van der Waals surface area contributed by atoms with Crippen LogP contribution in [0.1, 0.15) is 72.6 Å². The summed E-state index contributed by atoms with van der Waals surface area (Å²) >= 11 is 1.69. The van der Waals surface area contributed by atoms with Gasteiger partial charge in [-0.15, -0.1) is 11.3 Å². The van der Waals surface area contributed by atoms with Crippen LogP contribution in [-0.2, 0) is 11.3 Å². The summed E-state index contributed by atoms with van der Waals surface area (Å²) in [5, 5.41) is 4.22. The Labute approximate surface area is 181 Å². The van der Waals surface area contributed by atoms with Gasteiger partial charge in [0.1, 0.15) is 5.69 Å². The number of aromatic nitrogens is 3. The van der Waals surface area contributed by atoms with Gasteiger partial charge in [-0.2, -0.15) is 5.10 Å². The van der Waals surface area contributed by atoms with Gasteiger partial charge < -0.3 is 9.80 Å². The molecular weight excluding hydrogens is 398 g/mol. The summed E-state index contributed by atoms with van der Waals surface area (Å²) in [6, 6.07) is 2.17. The predicted octanol–water partition coefficient (Wildman–Crippen LogP) is 3.42. The minimum Gasteiger partial charge on any atom is -0.337 e. The number of nitrogens with zero attached hydrogens (tertiary/aromatic N) is 5. The zero-order valence-corrected chi connectivity index (χ0v) is 18.5. The maximum atomic E-state index is 13.4. The molecule has 2 aromatic heterocycles. The molecule has 5 rings (SSSR count). The molecule has 0 N–H and O–H groups in total. The number of likely N-dealkylation sites (tertiary alicyclic amines) is 2. The molecule has 3 aliphatic rings. The van der Waals surface area contributed by atoms with Crippen LogP contribution in [0, 0.1) is 12.3 Å². The molecule has 8 heteroatoms. The zero-order valence-electron chi connectivity index (χ0n) is 17.7. The molecule has 2 aliphatic heterocycles. The largest absolute Gasteiger partial charge is 0.337 e. The number of thiazole rings is 1. The Kier molecular flexibility index (Phi) is 4.92. The Morgan fingerprint density at radius 2 is 2.00 bits per heavy atom. The highest BCUT2D eigenvalue weighted by Crippen LogP contribution is 2.61. The van der Waals surface area contributed by atoms with Crippen LogP contribution >= 0.6 is 11.3 Å². The molecule has 7 nitrogen and oxygen atoms in total. The molecule has 4 heterocycles. The van der Waals surface area contributed by atoms with Crippen LogP contribution in [-0.4, -0.2) is 55.5 Å². The SMILES string of the molecule is CCn1nccc1C(=O)N1CCC(N2C(=O)C3(CCCC3)C2c2scnc2C)CC1. The van der Waals surface area contributed by atoms with E-state index in [1.54, 1.807) is 28.3 Å². The fraction of sp³-hybridized carbons (Fsp3) is 0.636. The average Bonchev–Trinajstić information content (AvgIpc) is 3.52. The molecule has 30 heavy (non-hydrogen) atoms. The van der Waals surface area contributed by atoms with Crippen molar-refractivity contribution in [2.45, 2.75) is 71.0 Å². The Hall–Kier alpha value is -2.22. The molecule has 1 saturated carbocycles. The van der Waals surface area contributed by atoms with Crippen LogP contribution in [0.4, 0.5) is 0 Å². The van der Waals surface area contributed by atoms with Crippen molar-refractivity contribution in [2.75, 3.05) is 13.1 Å². The Bertz CT molecular complexity index is 952. The molecule has 3 fully saturated rings. The van der Waals surface area contributed by atoms with E-state index in [0.29, 0.717) is 31.2 Å². The predicted molar refractivity (Wildman–Crippen MR) is 114 cm³/mol. The quantitative estimate of drug-likeness (QED) is 0.701. The lowest BCUT2D eigenvalue weighted by Crippen LogP contribution is -2.66. The molecular formula is C22H29N5O2S. The second-order valence-corrected chi connectivity index (χ2v) is 9.72. The van der Waals surface area contributed by atoms with Gasteiger partial charge in [0.25, 0.3) is 5.91 Å². The normalized spacial score (nSPS) is 23.9. The van der Waals surface area contributed by atoms with Crippen molar-refractivity contribution in [1.82, 2.24) is 24.6 Å². The van der Waals surface area contributed by atoms with E-state index in [1.807, 2.05) is 17.3 Å². The third-order valence-electron chi connectivity index (χ3n) is 7.37. The summed E-state index contributed by atoms with van der Waals surface area (Å²) in [4.78, 5) is 36.2. The first-order valence-electron chi connectivity index (χ1n) is 11.1. The molecule has 1 aliphatic carbocycles. The Morgan fingerprint density at radius 1 is 1.27 bits per heavy atom. The van der Waals surface area contributed by atoms with Crippen molar-refractivity contribution in [3.8, 4) is 0 Å². The third kappa shape index (κ3) is 2.83. The molecule has 1 atom stereocenters. The van der Waals surface area contributed by atoms with Crippen LogP contribution < -0.4 is 0 Å². The summed E-state index contributed by atoms with van der Waals surface area (Å²) in [6.45, 7) is 6.11. The van der Waals surface area contributed by atoms with Gasteiger partial charge in [-0.25, -0.2) is 4.98 Å². The fourth-order valence-electron chi connectivity index (χ4n) is 5.79. The first-order chi connectivity index (χ1) is 14.6. The number of aryl methyl sites for hydroxylation is 2. The molecule has 0 bridgehead atoms. The summed E-state index contributed by atoms with van der Waals surface area (Å²) in [7, 11) is 0. The molecule has 1 unspecified atom stereocenters. The maximum Gasteiger partial charge on any atom is 0.272 e. The van der Waals surface area contributed by atoms with Gasteiger partial charge in [0, 0.05) is 31.9 Å². The standard InChI is InChI=1S/C22H29N5O2S/c1-3-26-17(6-11-24-26)20(28)25-12-7-16(8-13-25)27-19(18-15(2)23-14-30-18)22(21(27)29)9-4-5-10-22/h6,11,14,16,19H,3-5,7-10,12-13H2,1-2H3. The van der Waals surface area contributed by atoms with Crippen LogP contribution in [0.2, 0.25) is 0 Å². The summed E-state index contributed by atoms with van der Waals surface area (Å²) < 4.78 is 1.75. The smallest absolute Gasteiger partial charge is 0.272 e. The van der Waals surface area contributed by atoms with Crippen molar-refractivity contribution in [1.29, 1.82) is 0 Å². The molecule has 2 amide bonds. The Balaban J connectivity index is 1.32. The topological polar surface area (TPSA) is 71.3 Å². The van der Waals surface area contributed by atoms with Gasteiger partial charge in [-0.05, 0) is 45.6 Å². The van der Waals surface area contributed by atoms with Crippen LogP contribution in [0.5, 0.6) is 0 Å². The van der Waals surface area contributed by atoms with E-state index in [2.05, 4.69) is 21.9 Å². The maximum absolute atomic E-state index is 13.4. The summed E-state index contributed by atoms with van der Waals surface area (Å²) in [6.07, 6.45) is 7.65. The van der Waals surface area contributed by atoms with E-state index in [-0.39, 0.29) is 23.4 Å². The van der Waals surface area contributed by atoms with Crippen LogP contribution in [0.25, 0.3) is 0 Å². The second kappa shape index (κ2) is 7.48. The number of amides is 2. The molecule has 0 aromatic carbocycles. The van der Waals surface area contributed by atoms with Gasteiger partial charge in [-0.3, -0.25) is 14.3 Å². The van der Waals surface area contributed by atoms with E-state index in [0.717, 1.165) is 44.2 Å². The van der Waals surface area contributed by atoms with E-state index < -0.39 is 0 Å². The van der Waals surface area contributed by atoms with Crippen LogP contribution in [0.15, 0.2) is 17.8 Å². The monoisotopic (exact) mass is 427 g/mol. The van der Waals surface area contributed by atoms with Crippen molar-refractivity contribution in [2.24, 2.45) is 5.41 Å². The van der Waals surface area contributed by atoms with Gasteiger partial charge in [0.05, 0.1) is 27.5 Å². The fourth-order valence-corrected chi connectivity index (χ4v) is 6.80. The van der Waals surface area contributed by atoms with Gasteiger partial charge in [0.2, 0.25) is 5.91 Å². The van der Waals surface area contributed by atoms with Gasteiger partial charge in [0.15, 0.2) is 0 Å². The lowest BCUT2D eigenvalue weighted by Gasteiger charge is -2.58. The molecule has 2 saturated heterocycles. The van der Waals surface area contributed by atoms with Crippen molar-refractivity contribution < 1.29 is 9.59 Å². The highest BCUT2D eigenvalue weighted by molar-refractivity contribution is 7.09. The average molecular weight is 428 g/mol. The second-order valence-electron chi connectivity index (χ2n) is 8.84. The lowest BCUT2D eigenvalue weighted by atomic mass is 9.67. The number of β-lactam (4-membered cyclic amide) rings is 1. The summed E-state index contributed by atoms with van der Waals surface area (Å²) in [5.41, 5.74) is 3.43. The van der Waals surface area contributed by atoms with E-state index >= 15 is 0 Å². The number of carbonyl (C=O) groups excluding carboxylic acids is 2. The molecule has 1 spiro atoms. The summed E-state index contributed by atoms with van der Waals surface area (Å²) in [5.74, 6) is 0.386. The minimum atomic E-state index is -0.197. The lowest BCUT2D eigenvalue weighted by molar-refractivity contribution is -0.180. The van der Waals surface area contributed by atoms with Crippen molar-refractivity contribution in [3.63, 3.8) is 0 Å². The minimum absolute atomic E-state index is 0.0462. The first kappa shape index (κ1) is 19.7. The number of hydrogen-bond donors (Lipinski definition) is 0. The first-order valence-corrected chi connectivity index (χ1v) is 12.0. The Morgan fingerprint density at radius 3 is 2.63 bits per heavy atom.